The first-order valence-electron chi connectivity index (χ1n) is 2.27. The normalized spacial score (nSPS) is 9.11. The van der Waals surface area contributed by atoms with Crippen LogP contribution < -0.4 is 9.62 Å². The number of hydrogen-bond donors (Lipinski definition) is 2. The van der Waals surface area contributed by atoms with Crippen LogP contribution in [0.15, 0.2) is 6.20 Å². The fourth-order valence-corrected chi connectivity index (χ4v) is 0.475. The van der Waals surface area contributed by atoms with Gasteiger partial charge < -0.3 is 9.62 Å². The van der Waals surface area contributed by atoms with Crippen LogP contribution in [-0.4, -0.2) is 22.6 Å². The van der Waals surface area contributed by atoms with E-state index < -0.39 is 0 Å². The van der Waals surface area contributed by atoms with Gasteiger partial charge in [-0.25, -0.2) is 10.4 Å². The third-order valence-electron chi connectivity index (χ3n) is 0.874. The molecule has 0 saturated heterocycles. The molecule has 0 unspecified atom stereocenters. The van der Waals surface area contributed by atoms with E-state index in [1.54, 1.807) is 0 Å². The van der Waals surface area contributed by atoms with Gasteiger partial charge in [-0.2, -0.15) is 5.10 Å². The number of ether oxygens (including phenoxy) is 1. The number of nitrogens with one attached hydrogen (secondary N) is 1. The summed E-state index contributed by atoms with van der Waals surface area (Å²) in [5.74, 6) is 0.481. The molecule has 0 fully saturated rings. The topological polar surface area (TPSA) is 67.4 Å². The highest BCUT2D eigenvalue weighted by atomic mass is 17.1. The molecule has 0 aromatic carbocycles. The predicted octanol–water partition coefficient (Wildman–Crippen LogP) is 0.270. The average Bonchev–Trinajstić information content (AvgIpc) is 2.33. The number of nitrogens with zero attached hydrogens (tertiary/aromatic N) is 1. The molecule has 1 aromatic heterocycles. The highest BCUT2D eigenvalue weighted by Gasteiger charge is 2.03. The Kier molecular flexibility index (Phi) is 1.55. The Hall–Kier alpha value is -1.23. The van der Waals surface area contributed by atoms with Crippen LogP contribution in [0.3, 0.4) is 0 Å². The monoisotopic (exact) mass is 130 g/mol. The summed E-state index contributed by atoms with van der Waals surface area (Å²) < 4.78 is 4.67. The minimum Gasteiger partial charge on any atom is -0.479 e. The average molecular weight is 130 g/mol. The maximum Gasteiger partial charge on any atom is 0.256 e. The second-order valence-corrected chi connectivity index (χ2v) is 1.36. The largest absolute Gasteiger partial charge is 0.479 e. The Bertz CT molecular complexity index is 167. The lowest BCUT2D eigenvalue weighted by atomic mass is 10.6. The van der Waals surface area contributed by atoms with Gasteiger partial charge in [-0.3, -0.25) is 0 Å². The number of H-pyrrole nitrogens is 1. The van der Waals surface area contributed by atoms with Gasteiger partial charge in [0.15, 0.2) is 0 Å². The van der Waals surface area contributed by atoms with Crippen molar-refractivity contribution >= 4 is 0 Å². The Labute approximate surface area is 51.1 Å². The summed E-state index contributed by atoms with van der Waals surface area (Å²) in [6.07, 6.45) is 1.30. The minimum atomic E-state index is 0.178. The van der Waals surface area contributed by atoms with Crippen LogP contribution in [0.2, 0.25) is 0 Å². The molecule has 0 aliphatic rings. The fraction of sp³-hybridized carbons (Fsp3) is 0.250. The molecule has 5 heteroatoms. The van der Waals surface area contributed by atoms with Crippen molar-refractivity contribution in [2.75, 3.05) is 7.11 Å². The second-order valence-electron chi connectivity index (χ2n) is 1.36. The summed E-state index contributed by atoms with van der Waals surface area (Å²) in [5.41, 5.74) is 0. The molecule has 1 rings (SSSR count). The molecule has 1 heterocycles. The molecule has 0 aliphatic carbocycles. The zero-order valence-corrected chi connectivity index (χ0v) is 4.79. The van der Waals surface area contributed by atoms with E-state index in [0.29, 0.717) is 5.88 Å². The summed E-state index contributed by atoms with van der Waals surface area (Å²) in [6, 6.07) is 0. The first-order chi connectivity index (χ1) is 4.38. The zero-order valence-electron chi connectivity index (χ0n) is 4.79. The van der Waals surface area contributed by atoms with Crippen LogP contribution in [0.25, 0.3) is 0 Å². The van der Waals surface area contributed by atoms with Crippen LogP contribution in [0.4, 0.5) is 0 Å². The molecule has 0 atom stereocenters. The van der Waals surface area contributed by atoms with E-state index in [1.807, 2.05) is 0 Å². The summed E-state index contributed by atoms with van der Waals surface area (Å²) in [6.45, 7) is 0. The SMILES string of the molecule is COc1[nH]ncc1OO. The number of methoxy groups -OCH3 is 1. The lowest BCUT2D eigenvalue weighted by molar-refractivity contribution is -0.139. The van der Waals surface area contributed by atoms with E-state index in [4.69, 9.17) is 5.26 Å². The van der Waals surface area contributed by atoms with Crippen molar-refractivity contribution in [2.45, 2.75) is 0 Å². The van der Waals surface area contributed by atoms with E-state index >= 15 is 0 Å². The predicted molar refractivity (Wildman–Crippen MR) is 28.4 cm³/mol. The summed E-state index contributed by atoms with van der Waals surface area (Å²) in [5, 5.41) is 14.1. The number of aromatic nitrogens is 2. The third-order valence-corrected chi connectivity index (χ3v) is 0.874. The minimum absolute atomic E-state index is 0.178. The lowest BCUT2D eigenvalue weighted by Crippen LogP contribution is -1.87. The molecular weight excluding hydrogens is 124 g/mol. The number of rotatable bonds is 2. The maximum absolute atomic E-state index is 8.10. The Morgan fingerprint density at radius 1 is 1.78 bits per heavy atom. The zero-order chi connectivity index (χ0) is 6.69. The summed E-state index contributed by atoms with van der Waals surface area (Å²) in [4.78, 5) is 3.86. The second kappa shape index (κ2) is 2.36. The lowest BCUT2D eigenvalue weighted by Gasteiger charge is -1.94. The van der Waals surface area contributed by atoms with Crippen molar-refractivity contribution in [3.8, 4) is 11.6 Å². The molecule has 2 N–H and O–H groups in total. The van der Waals surface area contributed by atoms with E-state index in [9.17, 15) is 0 Å². The van der Waals surface area contributed by atoms with Crippen molar-refractivity contribution in [1.82, 2.24) is 10.2 Å². The van der Waals surface area contributed by atoms with Crippen molar-refractivity contribution in [3.05, 3.63) is 6.20 Å². The molecule has 0 saturated carbocycles. The molecule has 9 heavy (non-hydrogen) atoms. The van der Waals surface area contributed by atoms with Crippen LogP contribution in [0.1, 0.15) is 0 Å². The molecule has 5 nitrogen and oxygen atoms in total. The highest BCUT2D eigenvalue weighted by molar-refractivity contribution is 5.28. The molecule has 0 spiro atoms. The van der Waals surface area contributed by atoms with Crippen LogP contribution in [-0.2, 0) is 0 Å². The van der Waals surface area contributed by atoms with E-state index in [-0.39, 0.29) is 5.75 Å². The van der Waals surface area contributed by atoms with Crippen LogP contribution in [0.5, 0.6) is 11.6 Å². The van der Waals surface area contributed by atoms with Gasteiger partial charge >= 0.3 is 0 Å². The van der Waals surface area contributed by atoms with Gasteiger partial charge in [-0.05, 0) is 0 Å². The number of hydrogen-bond acceptors (Lipinski definition) is 4. The molecule has 0 amide bonds. The smallest absolute Gasteiger partial charge is 0.256 e. The third kappa shape index (κ3) is 0.945. The van der Waals surface area contributed by atoms with Crippen molar-refractivity contribution < 1.29 is 14.9 Å². The Morgan fingerprint density at radius 2 is 2.56 bits per heavy atom. The van der Waals surface area contributed by atoms with E-state index in [1.165, 1.54) is 13.3 Å². The van der Waals surface area contributed by atoms with Crippen molar-refractivity contribution in [1.29, 1.82) is 0 Å². The van der Waals surface area contributed by atoms with Gasteiger partial charge in [0, 0.05) is 0 Å². The van der Waals surface area contributed by atoms with Crippen molar-refractivity contribution in [2.24, 2.45) is 0 Å². The standard InChI is InChI=1S/C4H6N2O3/c1-8-4-3(9-7)2-5-6-4/h2,7H,1H3,(H,5,6). The molecule has 0 radical (unpaired) electrons. The molecule has 50 valence electrons. The maximum atomic E-state index is 8.10. The molecular formula is C4H6N2O3. The fourth-order valence-electron chi connectivity index (χ4n) is 0.475. The molecule has 1 aromatic rings. The van der Waals surface area contributed by atoms with Gasteiger partial charge in [0.05, 0.1) is 13.3 Å². The summed E-state index contributed by atoms with van der Waals surface area (Å²) in [7, 11) is 1.44. The Morgan fingerprint density at radius 3 is 3.00 bits per heavy atom. The molecule has 0 bridgehead atoms. The van der Waals surface area contributed by atoms with Gasteiger partial charge in [0.2, 0.25) is 5.75 Å². The number of aromatic amines is 1. The Balaban J connectivity index is 2.85. The summed E-state index contributed by atoms with van der Waals surface area (Å²) >= 11 is 0. The van der Waals surface area contributed by atoms with Gasteiger partial charge in [0.1, 0.15) is 0 Å². The highest BCUT2D eigenvalue weighted by Crippen LogP contribution is 2.20. The van der Waals surface area contributed by atoms with Gasteiger partial charge in [0.25, 0.3) is 5.88 Å². The van der Waals surface area contributed by atoms with E-state index in [2.05, 4.69) is 19.8 Å². The first kappa shape index (κ1) is 5.90. The molecule has 0 aliphatic heterocycles. The van der Waals surface area contributed by atoms with Gasteiger partial charge in [-0.1, -0.05) is 0 Å². The van der Waals surface area contributed by atoms with Crippen LogP contribution in [0, 0.1) is 0 Å². The van der Waals surface area contributed by atoms with E-state index in [0.717, 1.165) is 0 Å². The quantitative estimate of drug-likeness (QED) is 0.445. The van der Waals surface area contributed by atoms with Gasteiger partial charge in [-0.15, -0.1) is 0 Å². The van der Waals surface area contributed by atoms with Crippen molar-refractivity contribution in [3.63, 3.8) is 0 Å². The van der Waals surface area contributed by atoms with Crippen LogP contribution >= 0.6 is 0 Å². The first-order valence-corrected chi connectivity index (χ1v) is 2.27.